The Morgan fingerprint density at radius 1 is 1.07 bits per heavy atom. The molecule has 0 saturated heterocycles. The number of carbonyl (C=O) groups is 2. The molecule has 1 unspecified atom stereocenters. The summed E-state index contributed by atoms with van der Waals surface area (Å²) in [6.07, 6.45) is -0.491. The highest BCUT2D eigenvalue weighted by molar-refractivity contribution is 5.96. The van der Waals surface area contributed by atoms with Crippen molar-refractivity contribution in [2.24, 2.45) is 0 Å². The van der Waals surface area contributed by atoms with E-state index in [0.717, 1.165) is 16.8 Å². The number of aromatic hydroxyl groups is 1. The van der Waals surface area contributed by atoms with Crippen molar-refractivity contribution in [2.45, 2.75) is 45.1 Å². The lowest BCUT2D eigenvalue weighted by molar-refractivity contribution is -0.117. The molecule has 6 nitrogen and oxygen atoms in total. The molecule has 3 N–H and O–H groups in total. The van der Waals surface area contributed by atoms with E-state index in [1.165, 1.54) is 6.92 Å². The van der Waals surface area contributed by atoms with Gasteiger partial charge in [-0.05, 0) is 61.7 Å². The number of fused-ring (bicyclic) bond motifs is 1. The van der Waals surface area contributed by atoms with E-state index in [9.17, 15) is 14.7 Å². The fourth-order valence-electron chi connectivity index (χ4n) is 4.42. The Morgan fingerprint density at radius 2 is 1.70 bits per heavy atom. The quantitative estimate of drug-likeness (QED) is 0.736. The van der Waals surface area contributed by atoms with Crippen molar-refractivity contribution in [3.63, 3.8) is 0 Å². The molecule has 1 atom stereocenters. The maximum Gasteiger partial charge on any atom is 0.409 e. The fraction of sp³-hybridized carbons (Fsp3) is 0.333. The van der Waals surface area contributed by atoms with Crippen molar-refractivity contribution in [1.29, 1.82) is 0 Å². The largest absolute Gasteiger partial charge is 0.508 e. The Hall–Kier alpha value is -3.02. The van der Waals surface area contributed by atoms with Crippen LogP contribution in [-0.2, 0) is 10.2 Å². The van der Waals surface area contributed by atoms with Gasteiger partial charge >= 0.3 is 6.09 Å². The molecular weight excluding hydrogens is 344 g/mol. The summed E-state index contributed by atoms with van der Waals surface area (Å²) in [7, 11) is 0. The molecule has 1 heterocycles. The second-order valence-electron chi connectivity index (χ2n) is 7.88. The summed E-state index contributed by atoms with van der Waals surface area (Å²) < 4.78 is 0. The molecule has 0 saturated carbocycles. The Labute approximate surface area is 158 Å². The number of nitrogens with zero attached hydrogens (tertiary/aromatic N) is 1. The highest BCUT2D eigenvalue weighted by Crippen LogP contribution is 2.51. The number of nitrogens with one attached hydrogen (secondary N) is 1. The van der Waals surface area contributed by atoms with Crippen molar-refractivity contribution in [1.82, 2.24) is 0 Å². The molecule has 0 aromatic heterocycles. The minimum absolute atomic E-state index is 0.0621. The minimum atomic E-state index is -1.14. The molecule has 2 aromatic carbocycles. The summed E-state index contributed by atoms with van der Waals surface area (Å²) in [6, 6.07) is 12.3. The molecule has 6 heteroatoms. The summed E-state index contributed by atoms with van der Waals surface area (Å²) in [5.74, 6) is 0.122. The molecule has 1 aliphatic heterocycles. The third kappa shape index (κ3) is 3.23. The van der Waals surface area contributed by atoms with Crippen molar-refractivity contribution < 1.29 is 19.8 Å². The molecule has 27 heavy (non-hydrogen) atoms. The van der Waals surface area contributed by atoms with E-state index in [0.29, 0.717) is 12.1 Å². The van der Waals surface area contributed by atoms with Gasteiger partial charge in [-0.3, -0.25) is 10.1 Å². The molecule has 1 aliphatic rings. The van der Waals surface area contributed by atoms with Gasteiger partial charge in [-0.15, -0.1) is 0 Å². The first-order valence-corrected chi connectivity index (χ1v) is 8.79. The standard InChI is InChI=1S/C21H24N2O4/c1-13(24)23-18-10-7-15(22-19(26)27)11-17(18)21(4,12-20(23,2)3)14-5-8-16(25)9-6-14/h5-11,22,25H,12H2,1-4H3,(H,26,27). The molecule has 0 radical (unpaired) electrons. The molecule has 0 bridgehead atoms. The van der Waals surface area contributed by atoms with Crippen molar-refractivity contribution >= 4 is 23.4 Å². The number of phenols is 1. The van der Waals surface area contributed by atoms with Gasteiger partial charge in [0.15, 0.2) is 0 Å². The fourth-order valence-corrected chi connectivity index (χ4v) is 4.42. The normalized spacial score (nSPS) is 20.7. The van der Waals surface area contributed by atoms with Crippen LogP contribution in [0.15, 0.2) is 42.5 Å². The second kappa shape index (κ2) is 6.30. The monoisotopic (exact) mass is 368 g/mol. The molecular formula is C21H24N2O4. The van der Waals surface area contributed by atoms with E-state index in [4.69, 9.17) is 5.11 Å². The second-order valence-corrected chi connectivity index (χ2v) is 7.88. The van der Waals surface area contributed by atoms with Gasteiger partial charge in [0.2, 0.25) is 5.91 Å². The average Bonchev–Trinajstić information content (AvgIpc) is 2.54. The van der Waals surface area contributed by atoms with Gasteiger partial charge in [-0.2, -0.15) is 0 Å². The highest BCUT2D eigenvalue weighted by Gasteiger charge is 2.47. The summed E-state index contributed by atoms with van der Waals surface area (Å²) in [4.78, 5) is 25.3. The van der Waals surface area contributed by atoms with Crippen LogP contribution in [0.1, 0.15) is 45.2 Å². The van der Waals surface area contributed by atoms with Crippen LogP contribution < -0.4 is 10.2 Å². The van der Waals surface area contributed by atoms with E-state index in [1.54, 1.807) is 35.2 Å². The van der Waals surface area contributed by atoms with Gasteiger partial charge in [-0.25, -0.2) is 4.79 Å². The van der Waals surface area contributed by atoms with Crippen molar-refractivity contribution in [3.05, 3.63) is 53.6 Å². The predicted octanol–water partition coefficient (Wildman–Crippen LogP) is 4.32. The van der Waals surface area contributed by atoms with Crippen LogP contribution in [0.4, 0.5) is 16.2 Å². The van der Waals surface area contributed by atoms with Gasteiger partial charge in [0.05, 0.1) is 0 Å². The number of hydrogen-bond donors (Lipinski definition) is 3. The number of phenolic OH excluding ortho intramolecular Hbond substituents is 1. The molecule has 2 aromatic rings. The lowest BCUT2D eigenvalue weighted by Gasteiger charge is -2.51. The van der Waals surface area contributed by atoms with Crippen LogP contribution in [0.2, 0.25) is 0 Å². The lowest BCUT2D eigenvalue weighted by Crippen LogP contribution is -2.55. The Balaban J connectivity index is 2.26. The van der Waals surface area contributed by atoms with Crippen LogP contribution in [0.5, 0.6) is 5.75 Å². The number of hydrogen-bond acceptors (Lipinski definition) is 3. The molecule has 3 rings (SSSR count). The maximum atomic E-state index is 12.4. The summed E-state index contributed by atoms with van der Waals surface area (Å²) in [5.41, 5.74) is 2.18. The summed E-state index contributed by atoms with van der Waals surface area (Å²) in [6.45, 7) is 7.68. The highest BCUT2D eigenvalue weighted by atomic mass is 16.4. The Morgan fingerprint density at radius 3 is 2.26 bits per heavy atom. The zero-order valence-electron chi connectivity index (χ0n) is 15.9. The molecule has 0 aliphatic carbocycles. The number of anilines is 2. The summed E-state index contributed by atoms with van der Waals surface area (Å²) in [5, 5.41) is 21.1. The first-order valence-electron chi connectivity index (χ1n) is 8.79. The van der Waals surface area contributed by atoms with Crippen LogP contribution >= 0.6 is 0 Å². The van der Waals surface area contributed by atoms with Crippen LogP contribution in [-0.4, -0.2) is 27.8 Å². The number of carbonyl (C=O) groups excluding carboxylic acids is 1. The lowest BCUT2D eigenvalue weighted by atomic mass is 9.65. The Bertz CT molecular complexity index is 905. The van der Waals surface area contributed by atoms with Gasteiger partial charge in [-0.1, -0.05) is 19.1 Å². The van der Waals surface area contributed by atoms with Gasteiger partial charge < -0.3 is 15.1 Å². The third-order valence-corrected chi connectivity index (χ3v) is 5.29. The van der Waals surface area contributed by atoms with Crippen LogP contribution in [0, 0.1) is 0 Å². The van der Waals surface area contributed by atoms with E-state index in [-0.39, 0.29) is 11.7 Å². The molecule has 0 fully saturated rings. The Kier molecular flexibility index (Phi) is 4.38. The van der Waals surface area contributed by atoms with Crippen LogP contribution in [0.3, 0.4) is 0 Å². The third-order valence-electron chi connectivity index (χ3n) is 5.29. The predicted molar refractivity (Wildman–Crippen MR) is 105 cm³/mol. The topological polar surface area (TPSA) is 89.9 Å². The van der Waals surface area contributed by atoms with E-state index in [1.807, 2.05) is 26.0 Å². The minimum Gasteiger partial charge on any atom is -0.508 e. The molecule has 2 amide bonds. The first kappa shape index (κ1) is 18.8. The van der Waals surface area contributed by atoms with E-state index < -0.39 is 17.0 Å². The van der Waals surface area contributed by atoms with Gasteiger partial charge in [0.1, 0.15) is 5.75 Å². The van der Waals surface area contributed by atoms with E-state index >= 15 is 0 Å². The number of amides is 2. The zero-order chi connectivity index (χ0) is 20.0. The first-order chi connectivity index (χ1) is 12.5. The SMILES string of the molecule is CC(=O)N1c2ccc(NC(=O)O)cc2C(C)(c2ccc(O)cc2)CC1(C)C. The average molecular weight is 368 g/mol. The molecule has 0 spiro atoms. The smallest absolute Gasteiger partial charge is 0.409 e. The maximum absolute atomic E-state index is 12.4. The molecule has 142 valence electrons. The van der Waals surface area contributed by atoms with Gasteiger partial charge in [0, 0.05) is 29.3 Å². The number of rotatable bonds is 2. The van der Waals surface area contributed by atoms with Crippen molar-refractivity contribution in [2.75, 3.05) is 10.2 Å². The van der Waals surface area contributed by atoms with Crippen LogP contribution in [0.25, 0.3) is 0 Å². The number of benzene rings is 2. The van der Waals surface area contributed by atoms with Crippen molar-refractivity contribution in [3.8, 4) is 5.75 Å². The van der Waals surface area contributed by atoms with Gasteiger partial charge in [0.25, 0.3) is 0 Å². The summed E-state index contributed by atoms with van der Waals surface area (Å²) >= 11 is 0. The zero-order valence-corrected chi connectivity index (χ0v) is 15.9. The van der Waals surface area contributed by atoms with E-state index in [2.05, 4.69) is 12.2 Å². The number of carboxylic acid groups (broad SMARTS) is 1.